The first-order valence-electron chi connectivity index (χ1n) is 5.86. The second-order valence-corrected chi connectivity index (χ2v) is 6.99. The molecule has 2 aromatic rings. The molecule has 0 amide bonds. The fourth-order valence-electron chi connectivity index (χ4n) is 1.90. The van der Waals surface area contributed by atoms with E-state index >= 15 is 0 Å². The monoisotopic (exact) mass is 358 g/mol. The third kappa shape index (κ3) is 3.02. The Labute approximate surface area is 126 Å². The zero-order valence-corrected chi connectivity index (χ0v) is 13.4. The number of nitrogens with one attached hydrogen (secondary N) is 1. The first-order chi connectivity index (χ1) is 9.31. The number of hydrogen-bond donors (Lipinski definition) is 2. The van der Waals surface area contributed by atoms with Crippen LogP contribution in [0.15, 0.2) is 40.1 Å². The van der Waals surface area contributed by atoms with Gasteiger partial charge in [0.05, 0.1) is 6.33 Å². The largest absolute Gasteiger partial charge is 0.381 e. The molecular formula is C12H15BrN4O2S. The van der Waals surface area contributed by atoms with Crippen molar-refractivity contribution in [3.63, 3.8) is 0 Å². The number of aryl methyl sites for hydroxylation is 1. The minimum atomic E-state index is -3.73. The van der Waals surface area contributed by atoms with Crippen molar-refractivity contribution >= 4 is 31.8 Å². The average molecular weight is 359 g/mol. The van der Waals surface area contributed by atoms with Crippen LogP contribution in [-0.4, -0.2) is 18.0 Å². The van der Waals surface area contributed by atoms with Gasteiger partial charge in [-0.3, -0.25) is 0 Å². The summed E-state index contributed by atoms with van der Waals surface area (Å²) in [6, 6.07) is 7.06. The fourth-order valence-corrected chi connectivity index (χ4v) is 3.78. The van der Waals surface area contributed by atoms with Crippen LogP contribution in [0.25, 0.3) is 0 Å². The van der Waals surface area contributed by atoms with E-state index in [0.717, 1.165) is 10.0 Å². The molecule has 108 valence electrons. The highest BCUT2D eigenvalue weighted by molar-refractivity contribution is 9.10. The van der Waals surface area contributed by atoms with Crippen LogP contribution < -0.4 is 10.5 Å². The molecule has 3 N–H and O–H groups in total. The average Bonchev–Trinajstić information content (AvgIpc) is 2.69. The second kappa shape index (κ2) is 5.55. The van der Waals surface area contributed by atoms with Gasteiger partial charge >= 0.3 is 0 Å². The number of hydrogen-bond acceptors (Lipinski definition) is 4. The van der Waals surface area contributed by atoms with Crippen LogP contribution in [0.1, 0.15) is 18.5 Å². The number of imidazole rings is 1. The normalized spacial score (nSPS) is 13.3. The minimum absolute atomic E-state index is 0.0126. The highest BCUT2D eigenvalue weighted by Crippen LogP contribution is 2.22. The van der Waals surface area contributed by atoms with E-state index in [9.17, 15) is 8.42 Å². The molecule has 8 heteroatoms. The number of anilines is 1. The van der Waals surface area contributed by atoms with E-state index in [-0.39, 0.29) is 16.9 Å². The molecule has 0 fully saturated rings. The molecule has 1 unspecified atom stereocenters. The summed E-state index contributed by atoms with van der Waals surface area (Å²) in [6.07, 6.45) is 1.37. The highest BCUT2D eigenvalue weighted by atomic mass is 79.9. The Bertz CT molecular complexity index is 707. The zero-order valence-electron chi connectivity index (χ0n) is 11.0. The van der Waals surface area contributed by atoms with Crippen molar-refractivity contribution in [1.29, 1.82) is 0 Å². The Morgan fingerprint density at radius 1 is 1.45 bits per heavy atom. The summed E-state index contributed by atoms with van der Waals surface area (Å²) in [5.41, 5.74) is 6.46. The molecule has 0 bridgehead atoms. The molecule has 0 saturated carbocycles. The number of nitrogen functional groups attached to an aromatic ring is 1. The van der Waals surface area contributed by atoms with Gasteiger partial charge in [0.15, 0.2) is 10.8 Å². The van der Waals surface area contributed by atoms with Crippen molar-refractivity contribution in [2.75, 3.05) is 5.73 Å². The van der Waals surface area contributed by atoms with Gasteiger partial charge in [-0.1, -0.05) is 28.1 Å². The number of halogens is 1. The minimum Gasteiger partial charge on any atom is -0.381 e. The molecule has 0 radical (unpaired) electrons. The maximum absolute atomic E-state index is 12.3. The van der Waals surface area contributed by atoms with Crippen molar-refractivity contribution in [3.05, 3.63) is 40.6 Å². The van der Waals surface area contributed by atoms with Gasteiger partial charge in [0.1, 0.15) is 0 Å². The molecule has 6 nitrogen and oxygen atoms in total. The van der Waals surface area contributed by atoms with Gasteiger partial charge in [-0.25, -0.2) is 18.1 Å². The molecule has 0 aliphatic heterocycles. The van der Waals surface area contributed by atoms with Gasteiger partial charge < -0.3 is 10.3 Å². The summed E-state index contributed by atoms with van der Waals surface area (Å²) in [4.78, 5) is 3.79. The molecule has 2 rings (SSSR count). The predicted octanol–water partition coefficient (Wildman–Crippen LogP) is 1.80. The third-order valence-corrected chi connectivity index (χ3v) is 5.01. The quantitative estimate of drug-likeness (QED) is 0.871. The molecule has 1 aromatic carbocycles. The van der Waals surface area contributed by atoms with Crippen LogP contribution in [0.4, 0.5) is 5.82 Å². The number of aromatic nitrogens is 2. The SMILES string of the molecule is CC(NS(=O)(=O)c1c(N)ncn1C)c1cccc(Br)c1. The fraction of sp³-hybridized carbons (Fsp3) is 0.250. The summed E-state index contributed by atoms with van der Waals surface area (Å²) in [5, 5.41) is -0.0284. The maximum Gasteiger partial charge on any atom is 0.260 e. The van der Waals surface area contributed by atoms with E-state index in [1.165, 1.54) is 10.9 Å². The van der Waals surface area contributed by atoms with Crippen molar-refractivity contribution in [1.82, 2.24) is 14.3 Å². The van der Waals surface area contributed by atoms with Gasteiger partial charge in [-0.2, -0.15) is 0 Å². The maximum atomic E-state index is 12.3. The van der Waals surface area contributed by atoms with Crippen molar-refractivity contribution in [2.45, 2.75) is 18.0 Å². The zero-order chi connectivity index (χ0) is 14.9. The summed E-state index contributed by atoms with van der Waals surface area (Å²) in [7, 11) is -2.14. The lowest BCUT2D eigenvalue weighted by atomic mass is 10.1. The number of nitrogens with two attached hydrogens (primary N) is 1. The van der Waals surface area contributed by atoms with Crippen LogP contribution in [0, 0.1) is 0 Å². The molecule has 0 aliphatic carbocycles. The smallest absolute Gasteiger partial charge is 0.260 e. The number of sulfonamides is 1. The standard InChI is InChI=1S/C12H15BrN4O2S/c1-8(9-4-3-5-10(13)6-9)16-20(18,19)12-11(14)15-7-17(12)2/h3-8,16H,14H2,1-2H3. The Kier molecular flexibility index (Phi) is 4.17. The van der Waals surface area contributed by atoms with Crippen LogP contribution in [0.2, 0.25) is 0 Å². The Morgan fingerprint density at radius 3 is 2.70 bits per heavy atom. The Hall–Kier alpha value is -1.38. The lowest BCUT2D eigenvalue weighted by Gasteiger charge is -2.15. The summed E-state index contributed by atoms with van der Waals surface area (Å²) >= 11 is 3.36. The Morgan fingerprint density at radius 2 is 2.15 bits per heavy atom. The van der Waals surface area contributed by atoms with Crippen molar-refractivity contribution in [2.24, 2.45) is 7.05 Å². The van der Waals surface area contributed by atoms with Gasteiger partial charge in [-0.15, -0.1) is 0 Å². The molecule has 0 spiro atoms. The van der Waals surface area contributed by atoms with E-state index in [2.05, 4.69) is 25.6 Å². The third-order valence-electron chi connectivity index (χ3n) is 2.84. The predicted molar refractivity (Wildman–Crippen MR) is 80.5 cm³/mol. The molecule has 20 heavy (non-hydrogen) atoms. The van der Waals surface area contributed by atoms with E-state index in [1.54, 1.807) is 14.0 Å². The van der Waals surface area contributed by atoms with Crippen molar-refractivity contribution < 1.29 is 8.42 Å². The topological polar surface area (TPSA) is 90.0 Å². The number of rotatable bonds is 4. The molecule has 0 saturated heterocycles. The summed E-state index contributed by atoms with van der Waals surface area (Å²) < 4.78 is 29.5. The highest BCUT2D eigenvalue weighted by Gasteiger charge is 2.24. The molecular weight excluding hydrogens is 344 g/mol. The Balaban J connectivity index is 2.29. The van der Waals surface area contributed by atoms with E-state index in [4.69, 9.17) is 5.73 Å². The molecule has 1 heterocycles. The molecule has 1 aromatic heterocycles. The van der Waals surface area contributed by atoms with Gasteiger partial charge in [-0.05, 0) is 24.6 Å². The first-order valence-corrected chi connectivity index (χ1v) is 8.13. The van der Waals surface area contributed by atoms with E-state index < -0.39 is 10.0 Å². The van der Waals surface area contributed by atoms with Crippen LogP contribution in [0.5, 0.6) is 0 Å². The van der Waals surface area contributed by atoms with Crippen LogP contribution in [0.3, 0.4) is 0 Å². The van der Waals surface area contributed by atoms with Gasteiger partial charge in [0.25, 0.3) is 10.0 Å². The number of benzene rings is 1. The van der Waals surface area contributed by atoms with Crippen LogP contribution >= 0.6 is 15.9 Å². The lowest BCUT2D eigenvalue weighted by molar-refractivity contribution is 0.558. The molecule has 0 aliphatic rings. The lowest BCUT2D eigenvalue weighted by Crippen LogP contribution is -2.29. The van der Waals surface area contributed by atoms with E-state index in [1.807, 2.05) is 24.3 Å². The summed E-state index contributed by atoms with van der Waals surface area (Å²) in [6.45, 7) is 1.77. The van der Waals surface area contributed by atoms with Crippen molar-refractivity contribution in [3.8, 4) is 0 Å². The van der Waals surface area contributed by atoms with Gasteiger partial charge in [0.2, 0.25) is 0 Å². The number of nitrogens with zero attached hydrogens (tertiary/aromatic N) is 2. The van der Waals surface area contributed by atoms with Gasteiger partial charge in [0, 0.05) is 17.6 Å². The van der Waals surface area contributed by atoms with Crippen LogP contribution in [-0.2, 0) is 17.1 Å². The molecule has 1 atom stereocenters. The first kappa shape index (κ1) is 15.0. The summed E-state index contributed by atoms with van der Waals surface area (Å²) in [5.74, 6) is -0.0126. The second-order valence-electron chi connectivity index (χ2n) is 4.44. The van der Waals surface area contributed by atoms with E-state index in [0.29, 0.717) is 0 Å².